The second-order valence-corrected chi connectivity index (χ2v) is 36.0. The lowest BCUT2D eigenvalue weighted by Gasteiger charge is -2.31. The van der Waals surface area contributed by atoms with Crippen molar-refractivity contribution in [1.29, 1.82) is 5.41 Å². The molecule has 50 heteroatoms. The summed E-state index contributed by atoms with van der Waals surface area (Å²) in [4.78, 5) is 253. The molecule has 2 fully saturated rings. The molecule has 2 saturated heterocycles. The number of carbonyl (C=O) groups excluding carboxylic acids is 15. The number of aliphatic carboxylic acids is 3. The largest absolute Gasteiger partial charge is 0.481 e. The van der Waals surface area contributed by atoms with Crippen LogP contribution in [-0.4, -0.2) is 372 Å². The second-order valence-electron chi connectivity index (χ2n) is 36.0. The number of nitrogens with two attached hydrogens (primary N) is 1. The molecule has 4 heterocycles. The molecule has 12 atom stereocenters. The fraction of sp³-hybridized carbons (Fsp3) is 0.629. The minimum absolute atomic E-state index is 0.0136. The summed E-state index contributed by atoms with van der Waals surface area (Å²) in [5.74, 6) is -18.2. The topological polar surface area (TPSA) is 765 Å². The van der Waals surface area contributed by atoms with Gasteiger partial charge in [-0.1, -0.05) is 144 Å². The van der Waals surface area contributed by atoms with Crippen LogP contribution >= 0.6 is 0 Å². The first kappa shape index (κ1) is 124. The third-order valence-corrected chi connectivity index (χ3v) is 24.0. The van der Waals surface area contributed by atoms with E-state index in [1.165, 1.54) is 44.1 Å². The van der Waals surface area contributed by atoms with Crippen LogP contribution in [0.25, 0.3) is 10.9 Å². The van der Waals surface area contributed by atoms with Crippen LogP contribution in [0.15, 0.2) is 77.6 Å². The highest BCUT2D eigenvalue weighted by atomic mass is 16.5. The quantitative estimate of drug-likeness (QED) is 0.0145. The number of H-pyrrole nitrogens is 1. The van der Waals surface area contributed by atoms with Gasteiger partial charge >= 0.3 is 17.9 Å². The Kier molecular flexibility index (Phi) is 60.3. The number of aliphatic hydroxyl groups is 5. The third kappa shape index (κ3) is 50.6. The number of nitrogens with zero attached hydrogens (tertiary/aromatic N) is 3. The zero-order chi connectivity index (χ0) is 108. The number of unbranched alkanes of at least 4 members (excludes halogenated alkanes) is 14. The Morgan fingerprint density at radius 1 is 0.544 bits per heavy atom. The summed E-state index contributed by atoms with van der Waals surface area (Å²) < 4.78 is 11.1. The van der Waals surface area contributed by atoms with Crippen molar-refractivity contribution < 1.29 is 137 Å². The first-order chi connectivity index (χ1) is 70.6. The van der Waals surface area contributed by atoms with Gasteiger partial charge in [0.1, 0.15) is 66.5 Å². The number of amides is 15. The number of fused-ring (bicyclic) bond motifs is 1. The van der Waals surface area contributed by atoms with Crippen molar-refractivity contribution in [3.63, 3.8) is 0 Å². The SMILES string of the molecule is CC(=O)N[C@H]1CCNC(=O)C[C@@H](C(=O)N2CCC[C@H]2C(=O)N[C@@H](CO)C(=O)N[C@@H](CO)C(=O)N[C@@H](CO)C(=O)N[C@@H](CCCCN(CC(=O)O)CC(=O)O)CN[C@@H](CO)C(=O)N[C@@H](CO)C(=O)NCCOCCOCCNC(=O)CCCCCCCCCCCCCCCCC(=O)O)NC(=O)[C@H](Cc2c[nH]c3ccccc23)NC(=O)[C@H](CCCNC(=N)N)NC(=O)CNC(=O)[C@H](CC2=CCC=N2)NC1=O.Cc1ccccc1. The first-order valence-electron chi connectivity index (χ1n) is 50.1. The number of carboxylic acid groups (broad SMARTS) is 3. The van der Waals surface area contributed by atoms with Gasteiger partial charge in [0.15, 0.2) is 5.96 Å². The molecule has 818 valence electrons. The summed E-state index contributed by atoms with van der Waals surface area (Å²) in [6, 6.07) is -2.51. The molecular formula is C97H152N22O28. The molecule has 3 aliphatic heterocycles. The molecular weight excluding hydrogens is 1920 g/mol. The Hall–Kier alpha value is -13.2. The van der Waals surface area contributed by atoms with Crippen molar-refractivity contribution in [1.82, 2.24) is 99.9 Å². The van der Waals surface area contributed by atoms with Crippen molar-refractivity contribution in [3.05, 3.63) is 83.7 Å². The number of allylic oxidation sites excluding steroid dienone is 1. The molecule has 6 rings (SSSR count). The highest BCUT2D eigenvalue weighted by molar-refractivity contribution is 6.01. The Labute approximate surface area is 853 Å². The monoisotopic (exact) mass is 2070 g/mol. The van der Waals surface area contributed by atoms with Gasteiger partial charge in [0.25, 0.3) is 0 Å². The van der Waals surface area contributed by atoms with E-state index >= 15 is 9.59 Å². The van der Waals surface area contributed by atoms with E-state index in [1.807, 2.05) is 18.2 Å². The van der Waals surface area contributed by atoms with E-state index in [4.69, 9.17) is 25.7 Å². The van der Waals surface area contributed by atoms with Crippen LogP contribution in [0.4, 0.5) is 0 Å². The van der Waals surface area contributed by atoms with E-state index in [0.717, 1.165) is 68.1 Å². The molecule has 1 aromatic heterocycles. The number of rotatable bonds is 64. The van der Waals surface area contributed by atoms with E-state index in [9.17, 15) is 112 Å². The molecule has 28 N–H and O–H groups in total. The molecule has 3 aromatic rings. The average molecular weight is 2070 g/mol. The maximum absolute atomic E-state index is 15.3. The normalized spacial score (nSPS) is 18.1. The van der Waals surface area contributed by atoms with Crippen LogP contribution < -0.4 is 90.8 Å². The van der Waals surface area contributed by atoms with Gasteiger partial charge < -0.3 is 151 Å². The lowest BCUT2D eigenvalue weighted by atomic mass is 10.0. The van der Waals surface area contributed by atoms with E-state index in [0.29, 0.717) is 41.5 Å². The highest BCUT2D eigenvalue weighted by Crippen LogP contribution is 2.24. The van der Waals surface area contributed by atoms with Gasteiger partial charge in [-0.25, -0.2) is 0 Å². The van der Waals surface area contributed by atoms with Gasteiger partial charge in [-0.15, -0.1) is 0 Å². The fourth-order valence-corrected chi connectivity index (χ4v) is 16.2. The predicted molar refractivity (Wildman–Crippen MR) is 535 cm³/mol. The van der Waals surface area contributed by atoms with Gasteiger partial charge in [-0.05, 0) is 82.9 Å². The molecule has 0 aliphatic carbocycles. The van der Waals surface area contributed by atoms with Crippen LogP contribution in [0.5, 0.6) is 0 Å². The van der Waals surface area contributed by atoms with E-state index in [2.05, 4.69) is 114 Å². The maximum Gasteiger partial charge on any atom is 0.317 e. The Bertz CT molecular complexity index is 4740. The summed E-state index contributed by atoms with van der Waals surface area (Å²) in [5, 5.41) is 128. The first-order valence-corrected chi connectivity index (χ1v) is 50.1. The lowest BCUT2D eigenvalue weighted by molar-refractivity contribution is -0.144. The number of likely N-dealkylation sites (tertiary alicyclic amines) is 1. The number of ether oxygens (including phenoxy) is 2. The van der Waals surface area contributed by atoms with Crippen LogP contribution in [0.1, 0.15) is 191 Å². The van der Waals surface area contributed by atoms with Gasteiger partial charge in [0.05, 0.1) is 85.5 Å². The van der Waals surface area contributed by atoms with Crippen molar-refractivity contribution in [2.24, 2.45) is 10.7 Å². The molecule has 3 aliphatic rings. The predicted octanol–water partition coefficient (Wildman–Crippen LogP) is -4.24. The number of hydrogen-bond donors (Lipinski definition) is 27. The number of aliphatic hydroxyl groups excluding tert-OH is 5. The van der Waals surface area contributed by atoms with Gasteiger partial charge in [0.2, 0.25) is 88.6 Å². The molecule has 0 saturated carbocycles. The van der Waals surface area contributed by atoms with Crippen molar-refractivity contribution in [2.45, 2.75) is 266 Å². The Morgan fingerprint density at radius 2 is 1.09 bits per heavy atom. The lowest BCUT2D eigenvalue weighted by Crippen LogP contribution is -2.61. The van der Waals surface area contributed by atoms with Crippen molar-refractivity contribution in [3.8, 4) is 0 Å². The summed E-state index contributed by atoms with van der Waals surface area (Å²) in [6.45, 7) is -4.78. The maximum atomic E-state index is 15.3. The number of hydrogen-bond acceptors (Lipinski definition) is 29. The number of benzene rings is 2. The standard InChI is InChI=1S/C90H144N22O28.C7H8/c1-56(118)101-63-31-34-94-74(120)45-66(106-83(132)64(43-57-46-98-61-26-17-16-25-60(57)61)104-81(130)62(27-21-33-97-90(91)92)103-75(121)48-100-79(128)65(105-82(63)131)44-58-24-20-32-93-58)89(138)112-38-22-28-72(112)88(137)110-71(55-117)87(136)109-70(54-116)86(135)108-69(53-115)85(134)102-59(23-18-19-37-111(49-77(124)125)50-78(126)127)47-99-67(51-113)84(133)107-68(52-114)80(129)96-36-40-140-42-41-139-39-35-95-73(119)29-14-12-10-8-6-4-2-3-5-7-9-11-13-15-30-76(122)123;1-7-5-3-2-4-6-7/h16-17,24-26,32,46,59,62-72,98-99,113-117H,2-15,18-23,27-31,33-45,47-55H2,1H3,(H,94,120)(H,95,119)(H,96,129)(H,100,128)(H,101,118)(H,102,134)(H,103,121)(H,104,130)(H,105,131)(H,106,132)(H,107,133)(H,108,135)(H,109,136)(H,110,137)(H,122,123)(H,124,125)(H,126,127)(H4,91,92,97);2-6H,1H3/t59-,62-,63-,64-,65-,66-,67-,68-,69-,70-,71-,72-;/m0./s1. The number of carbonyl (C=O) groups is 18. The zero-order valence-corrected chi connectivity index (χ0v) is 83.8. The van der Waals surface area contributed by atoms with E-state index in [-0.39, 0.29) is 129 Å². The number of nitrogens with one attached hydrogen (secondary N) is 18. The zero-order valence-electron chi connectivity index (χ0n) is 83.8. The summed E-state index contributed by atoms with van der Waals surface area (Å²) in [6.07, 6.45) is 19.1. The summed E-state index contributed by atoms with van der Waals surface area (Å²) >= 11 is 0. The Morgan fingerprint density at radius 3 is 1.65 bits per heavy atom. The number of aromatic nitrogens is 1. The molecule has 147 heavy (non-hydrogen) atoms. The molecule has 50 nitrogen and oxygen atoms in total. The van der Waals surface area contributed by atoms with Crippen molar-refractivity contribution >= 4 is 130 Å². The molecule has 0 bridgehead atoms. The Balaban J connectivity index is 0.00000519. The third-order valence-electron chi connectivity index (χ3n) is 24.0. The van der Waals surface area contributed by atoms with Crippen LogP contribution in [-0.2, 0) is 102 Å². The molecule has 0 spiro atoms. The number of aryl methyl sites for hydroxylation is 1. The van der Waals surface area contributed by atoms with E-state index < -0.39 is 251 Å². The van der Waals surface area contributed by atoms with Gasteiger partial charge in [-0.2, -0.15) is 0 Å². The molecule has 2 aromatic carbocycles. The number of guanidine groups is 1. The average Bonchev–Trinajstić information content (AvgIpc) is 1.69. The molecule has 0 unspecified atom stereocenters. The number of aliphatic imine (C=N–C) groups is 1. The van der Waals surface area contributed by atoms with Crippen LogP contribution in [0.3, 0.4) is 0 Å². The number of aromatic amines is 1. The molecule has 0 radical (unpaired) electrons. The smallest absolute Gasteiger partial charge is 0.317 e. The minimum Gasteiger partial charge on any atom is -0.481 e. The molecule has 15 amide bonds. The number of carboxylic acids is 3. The minimum atomic E-state index is -2.02. The van der Waals surface area contributed by atoms with E-state index in [1.54, 1.807) is 42.8 Å². The fourth-order valence-electron chi connectivity index (χ4n) is 16.2. The summed E-state index contributed by atoms with van der Waals surface area (Å²) in [5.41, 5.74) is 8.30. The van der Waals surface area contributed by atoms with Crippen LogP contribution in [0.2, 0.25) is 0 Å². The van der Waals surface area contributed by atoms with Gasteiger partial charge in [-0.3, -0.25) is 102 Å². The second kappa shape index (κ2) is 71.3. The summed E-state index contributed by atoms with van der Waals surface area (Å²) in [7, 11) is 0. The van der Waals surface area contributed by atoms with Crippen LogP contribution in [0, 0.1) is 12.3 Å². The van der Waals surface area contributed by atoms with Gasteiger partial charge in [0, 0.05) is 113 Å². The number of para-hydroxylation sites is 1. The van der Waals surface area contributed by atoms with Crippen molar-refractivity contribution in [2.75, 3.05) is 125 Å². The highest BCUT2D eigenvalue weighted by Gasteiger charge is 2.42.